The minimum atomic E-state index is 0.0601. The Hall–Kier alpha value is -0.810. The summed E-state index contributed by atoms with van der Waals surface area (Å²) in [6, 6.07) is 2.41. The van der Waals surface area contributed by atoms with Gasteiger partial charge >= 0.3 is 0 Å². The van der Waals surface area contributed by atoms with Crippen LogP contribution in [0.1, 0.15) is 43.2 Å². The van der Waals surface area contributed by atoms with Crippen LogP contribution >= 0.6 is 15.9 Å². The van der Waals surface area contributed by atoms with Gasteiger partial charge < -0.3 is 14.2 Å². The number of halogens is 1. The molecule has 0 spiro atoms. The number of ether oxygens (including phenoxy) is 1. The molecule has 1 aliphatic carbocycles. The second kappa shape index (κ2) is 6.09. The molecule has 0 aliphatic heterocycles. The summed E-state index contributed by atoms with van der Waals surface area (Å²) in [4.78, 5) is 14.1. The second-order valence-electron chi connectivity index (χ2n) is 5.33. The van der Waals surface area contributed by atoms with Crippen molar-refractivity contribution in [3.8, 4) is 0 Å². The van der Waals surface area contributed by atoms with Crippen LogP contribution in [0.15, 0.2) is 16.7 Å². The van der Waals surface area contributed by atoms with Crippen molar-refractivity contribution in [2.45, 2.75) is 38.8 Å². The molecular weight excluding hydrogens is 308 g/mol. The minimum absolute atomic E-state index is 0.0601. The summed E-state index contributed by atoms with van der Waals surface area (Å²) in [6.07, 6.45) is 4.54. The summed E-state index contributed by atoms with van der Waals surface area (Å²) in [7, 11) is 1.82. The Kier molecular flexibility index (Phi) is 4.68. The van der Waals surface area contributed by atoms with Crippen molar-refractivity contribution in [3.63, 3.8) is 0 Å². The normalized spacial score (nSPS) is 15.0. The molecule has 19 heavy (non-hydrogen) atoms. The lowest BCUT2D eigenvalue weighted by molar-refractivity contribution is 0.0526. The van der Waals surface area contributed by atoms with Gasteiger partial charge in [0.15, 0.2) is 0 Å². The molecule has 0 atom stereocenters. The fraction of sp³-hybridized carbons (Fsp3) is 0.643. The number of amides is 1. The van der Waals surface area contributed by atoms with Gasteiger partial charge in [0.1, 0.15) is 5.69 Å². The van der Waals surface area contributed by atoms with Crippen LogP contribution in [0.25, 0.3) is 0 Å². The lowest BCUT2D eigenvalue weighted by Gasteiger charge is -2.19. The van der Waals surface area contributed by atoms with Crippen LogP contribution in [-0.4, -0.2) is 41.7 Å². The van der Waals surface area contributed by atoms with E-state index in [1.165, 1.54) is 12.8 Å². The number of carbonyl (C=O) groups is 1. The highest BCUT2D eigenvalue weighted by molar-refractivity contribution is 9.10. The Morgan fingerprint density at radius 1 is 1.58 bits per heavy atom. The van der Waals surface area contributed by atoms with Crippen LogP contribution in [0.4, 0.5) is 0 Å². The van der Waals surface area contributed by atoms with Crippen LogP contribution < -0.4 is 0 Å². The van der Waals surface area contributed by atoms with Gasteiger partial charge in [-0.2, -0.15) is 0 Å². The van der Waals surface area contributed by atoms with E-state index in [-0.39, 0.29) is 12.0 Å². The van der Waals surface area contributed by atoms with Gasteiger partial charge in [-0.25, -0.2) is 0 Å². The lowest BCUT2D eigenvalue weighted by atomic mass is 10.3. The standard InChI is InChI=1S/C14H21BrN2O2/c1-10(2)19-7-6-16(3)14(18)13-8-11(15)9-17(13)12-4-5-12/h8-10,12H,4-7H2,1-3H3. The van der Waals surface area contributed by atoms with E-state index in [1.54, 1.807) is 4.90 Å². The first-order valence-corrected chi connectivity index (χ1v) is 7.52. The van der Waals surface area contributed by atoms with E-state index in [9.17, 15) is 4.79 Å². The Balaban J connectivity index is 1.98. The predicted molar refractivity (Wildman–Crippen MR) is 78.5 cm³/mol. The molecule has 0 radical (unpaired) electrons. The molecule has 1 aromatic heterocycles. The monoisotopic (exact) mass is 328 g/mol. The van der Waals surface area contributed by atoms with E-state index in [0.29, 0.717) is 19.2 Å². The molecular formula is C14H21BrN2O2. The predicted octanol–water partition coefficient (Wildman–Crippen LogP) is 3.08. The first kappa shape index (κ1) is 14.6. The zero-order valence-electron chi connectivity index (χ0n) is 11.7. The number of hydrogen-bond donors (Lipinski definition) is 0. The summed E-state index contributed by atoms with van der Waals surface area (Å²) in [6.45, 7) is 5.18. The molecule has 1 amide bonds. The molecule has 1 aromatic rings. The molecule has 5 heteroatoms. The third-order valence-corrected chi connectivity index (χ3v) is 3.63. The van der Waals surface area contributed by atoms with Crippen molar-refractivity contribution in [1.82, 2.24) is 9.47 Å². The Labute approximate surface area is 122 Å². The van der Waals surface area contributed by atoms with E-state index >= 15 is 0 Å². The maximum atomic E-state index is 12.4. The second-order valence-corrected chi connectivity index (χ2v) is 6.24. The van der Waals surface area contributed by atoms with E-state index in [1.807, 2.05) is 33.2 Å². The zero-order valence-corrected chi connectivity index (χ0v) is 13.3. The summed E-state index contributed by atoms with van der Waals surface area (Å²) < 4.78 is 8.54. The summed E-state index contributed by atoms with van der Waals surface area (Å²) in [5.74, 6) is 0.0601. The van der Waals surface area contributed by atoms with Crippen molar-refractivity contribution in [2.24, 2.45) is 0 Å². The molecule has 1 fully saturated rings. The Bertz CT molecular complexity index is 452. The topological polar surface area (TPSA) is 34.5 Å². The number of aromatic nitrogens is 1. The first-order valence-electron chi connectivity index (χ1n) is 6.73. The van der Waals surface area contributed by atoms with Crippen LogP contribution in [0.2, 0.25) is 0 Å². The van der Waals surface area contributed by atoms with E-state index in [2.05, 4.69) is 20.5 Å². The van der Waals surface area contributed by atoms with Crippen molar-refractivity contribution in [3.05, 3.63) is 22.4 Å². The van der Waals surface area contributed by atoms with Crippen molar-refractivity contribution in [1.29, 1.82) is 0 Å². The number of nitrogens with zero attached hydrogens (tertiary/aromatic N) is 2. The van der Waals surface area contributed by atoms with Gasteiger partial charge in [0.2, 0.25) is 0 Å². The molecule has 1 aliphatic rings. The highest BCUT2D eigenvalue weighted by atomic mass is 79.9. The lowest BCUT2D eigenvalue weighted by Crippen LogP contribution is -2.32. The third kappa shape index (κ3) is 3.83. The van der Waals surface area contributed by atoms with Gasteiger partial charge in [0, 0.05) is 30.3 Å². The van der Waals surface area contributed by atoms with Crippen molar-refractivity contribution < 1.29 is 9.53 Å². The third-order valence-electron chi connectivity index (χ3n) is 3.20. The Morgan fingerprint density at radius 2 is 2.26 bits per heavy atom. The van der Waals surface area contributed by atoms with E-state index in [4.69, 9.17) is 4.74 Å². The molecule has 0 N–H and O–H groups in total. The number of rotatable bonds is 6. The highest BCUT2D eigenvalue weighted by Gasteiger charge is 2.28. The smallest absolute Gasteiger partial charge is 0.270 e. The van der Waals surface area contributed by atoms with Gasteiger partial charge in [0.25, 0.3) is 5.91 Å². The zero-order chi connectivity index (χ0) is 14.0. The van der Waals surface area contributed by atoms with Crippen molar-refractivity contribution in [2.75, 3.05) is 20.2 Å². The number of likely N-dealkylation sites (N-methyl/N-ethyl adjacent to an activating group) is 1. The number of carbonyl (C=O) groups excluding carboxylic acids is 1. The minimum Gasteiger partial charge on any atom is -0.377 e. The summed E-state index contributed by atoms with van der Waals surface area (Å²) in [5.41, 5.74) is 0.765. The van der Waals surface area contributed by atoms with Crippen molar-refractivity contribution >= 4 is 21.8 Å². The molecule has 0 saturated heterocycles. The Morgan fingerprint density at radius 3 is 2.84 bits per heavy atom. The average molecular weight is 329 g/mol. The van der Waals surface area contributed by atoms with Gasteiger partial charge in [-0.1, -0.05) is 0 Å². The van der Waals surface area contributed by atoms with Crippen LogP contribution in [0.5, 0.6) is 0 Å². The molecule has 2 rings (SSSR count). The summed E-state index contributed by atoms with van der Waals surface area (Å²) in [5, 5.41) is 0. The molecule has 0 unspecified atom stereocenters. The quantitative estimate of drug-likeness (QED) is 0.804. The molecule has 106 valence electrons. The summed E-state index contributed by atoms with van der Waals surface area (Å²) >= 11 is 3.45. The first-order chi connectivity index (χ1) is 8.99. The fourth-order valence-corrected chi connectivity index (χ4v) is 2.43. The largest absolute Gasteiger partial charge is 0.377 e. The van der Waals surface area contributed by atoms with Gasteiger partial charge in [-0.15, -0.1) is 0 Å². The van der Waals surface area contributed by atoms with Crippen LogP contribution in [0, 0.1) is 0 Å². The maximum Gasteiger partial charge on any atom is 0.270 e. The fourth-order valence-electron chi connectivity index (χ4n) is 1.99. The molecule has 1 heterocycles. The van der Waals surface area contributed by atoms with Crippen LogP contribution in [0.3, 0.4) is 0 Å². The van der Waals surface area contributed by atoms with E-state index in [0.717, 1.165) is 10.2 Å². The highest BCUT2D eigenvalue weighted by Crippen LogP contribution is 2.37. The van der Waals surface area contributed by atoms with E-state index < -0.39 is 0 Å². The van der Waals surface area contributed by atoms with Gasteiger partial charge in [-0.3, -0.25) is 4.79 Å². The van der Waals surface area contributed by atoms with Gasteiger partial charge in [-0.05, 0) is 48.7 Å². The molecule has 1 saturated carbocycles. The molecule has 0 bridgehead atoms. The molecule has 0 aromatic carbocycles. The maximum absolute atomic E-state index is 12.4. The average Bonchev–Trinajstić information content (AvgIpc) is 3.11. The van der Waals surface area contributed by atoms with Crippen LogP contribution in [-0.2, 0) is 4.74 Å². The van der Waals surface area contributed by atoms with Gasteiger partial charge in [0.05, 0.1) is 12.7 Å². The number of hydrogen-bond acceptors (Lipinski definition) is 2. The molecule has 4 nitrogen and oxygen atoms in total. The SMILES string of the molecule is CC(C)OCCN(C)C(=O)c1cc(Br)cn1C1CC1.